The van der Waals surface area contributed by atoms with Gasteiger partial charge in [-0.15, -0.1) is 11.8 Å². The number of carbonyl (C=O) groups excluding carboxylic acids is 1. The Labute approximate surface area is 133 Å². The topological polar surface area (TPSA) is 81.6 Å². The Kier molecular flexibility index (Phi) is 5.89. The number of benzene rings is 1. The van der Waals surface area contributed by atoms with Crippen molar-refractivity contribution < 1.29 is 15.0 Å². The molecule has 0 spiro atoms. The van der Waals surface area contributed by atoms with Crippen LogP contribution in [0.3, 0.4) is 0 Å². The molecule has 0 radical (unpaired) electrons. The average molecular weight is 331 g/mol. The van der Waals surface area contributed by atoms with Crippen molar-refractivity contribution in [3.63, 3.8) is 0 Å². The summed E-state index contributed by atoms with van der Waals surface area (Å²) in [7, 11) is 0. The van der Waals surface area contributed by atoms with Gasteiger partial charge in [-0.25, -0.2) is 0 Å². The Morgan fingerprint density at radius 1 is 1.52 bits per heavy atom. The van der Waals surface area contributed by atoms with Gasteiger partial charge in [-0.3, -0.25) is 4.79 Å². The van der Waals surface area contributed by atoms with Crippen LogP contribution in [-0.2, 0) is 4.79 Å². The molecule has 0 saturated carbocycles. The zero-order valence-corrected chi connectivity index (χ0v) is 13.3. The molecule has 2 rings (SSSR count). The third kappa shape index (κ3) is 3.90. The van der Waals surface area contributed by atoms with Gasteiger partial charge in [-0.05, 0) is 25.1 Å². The number of thioether (sulfide) groups is 1. The van der Waals surface area contributed by atoms with Crippen LogP contribution in [0.5, 0.6) is 0 Å². The molecule has 1 amide bonds. The Balaban J connectivity index is 2.16. The SMILES string of the molecule is CCCNC1C(=O)Nc2cc(SCC(O)CO)c(Cl)cc21. The molecule has 7 heteroatoms. The minimum absolute atomic E-state index is 0.0768. The van der Waals surface area contributed by atoms with Crippen LogP contribution in [0.1, 0.15) is 24.9 Å². The first kappa shape index (κ1) is 16.6. The molecular formula is C14H19ClN2O3S. The van der Waals surface area contributed by atoms with Gasteiger partial charge in [0, 0.05) is 21.9 Å². The molecule has 4 N–H and O–H groups in total. The normalized spacial score (nSPS) is 18.5. The number of aliphatic hydroxyl groups excluding tert-OH is 2. The second-order valence-corrected chi connectivity index (χ2v) is 6.36. The number of fused-ring (bicyclic) bond motifs is 1. The first-order chi connectivity index (χ1) is 10.1. The van der Waals surface area contributed by atoms with E-state index < -0.39 is 6.10 Å². The zero-order chi connectivity index (χ0) is 15.4. The summed E-state index contributed by atoms with van der Waals surface area (Å²) in [5.41, 5.74) is 1.60. The number of anilines is 1. The van der Waals surface area contributed by atoms with E-state index in [2.05, 4.69) is 10.6 Å². The van der Waals surface area contributed by atoms with Crippen LogP contribution < -0.4 is 10.6 Å². The van der Waals surface area contributed by atoms with Gasteiger partial charge in [-0.1, -0.05) is 18.5 Å². The summed E-state index contributed by atoms with van der Waals surface area (Å²) in [6.07, 6.45) is 0.160. The van der Waals surface area contributed by atoms with E-state index in [9.17, 15) is 9.90 Å². The smallest absolute Gasteiger partial charge is 0.246 e. The van der Waals surface area contributed by atoms with Crippen LogP contribution in [0, 0.1) is 0 Å². The lowest BCUT2D eigenvalue weighted by atomic mass is 10.1. The molecule has 1 aliphatic heterocycles. The van der Waals surface area contributed by atoms with Crippen molar-refractivity contribution in [2.75, 3.05) is 24.2 Å². The number of aliphatic hydroxyl groups is 2. The maximum absolute atomic E-state index is 12.0. The Morgan fingerprint density at radius 3 is 2.95 bits per heavy atom. The van der Waals surface area contributed by atoms with Gasteiger partial charge in [0.15, 0.2) is 0 Å². The van der Waals surface area contributed by atoms with Crippen LogP contribution in [0.2, 0.25) is 5.02 Å². The van der Waals surface area contributed by atoms with E-state index in [-0.39, 0.29) is 18.6 Å². The predicted octanol–water partition coefficient (Wildman–Crippen LogP) is 1.78. The monoisotopic (exact) mass is 330 g/mol. The molecule has 21 heavy (non-hydrogen) atoms. The molecule has 0 bridgehead atoms. The highest BCUT2D eigenvalue weighted by molar-refractivity contribution is 7.99. The first-order valence-electron chi connectivity index (χ1n) is 6.86. The summed E-state index contributed by atoms with van der Waals surface area (Å²) < 4.78 is 0. The van der Waals surface area contributed by atoms with Crippen molar-refractivity contribution >= 4 is 35.0 Å². The maximum Gasteiger partial charge on any atom is 0.246 e. The molecule has 0 fully saturated rings. The third-order valence-electron chi connectivity index (χ3n) is 3.18. The van der Waals surface area contributed by atoms with Crippen LogP contribution >= 0.6 is 23.4 Å². The second-order valence-electron chi connectivity index (χ2n) is 4.89. The van der Waals surface area contributed by atoms with Gasteiger partial charge in [0.2, 0.25) is 5.91 Å². The van der Waals surface area contributed by atoms with E-state index in [1.807, 2.05) is 13.0 Å². The van der Waals surface area contributed by atoms with Gasteiger partial charge in [0.1, 0.15) is 6.04 Å². The lowest BCUT2D eigenvalue weighted by Gasteiger charge is -2.12. The molecule has 1 aliphatic rings. The Bertz CT molecular complexity index is 527. The Hall–Kier alpha value is -0.790. The van der Waals surface area contributed by atoms with Gasteiger partial charge >= 0.3 is 0 Å². The largest absolute Gasteiger partial charge is 0.394 e. The standard InChI is InChI=1S/C14H19ClN2O3S/c1-2-3-16-13-9-4-10(15)12(21-7-8(19)6-18)5-11(9)17-14(13)20/h4-5,8,13,16,18-19H,2-3,6-7H2,1H3,(H,17,20). The average Bonchev–Trinajstić information content (AvgIpc) is 2.77. The van der Waals surface area contributed by atoms with E-state index in [1.54, 1.807) is 6.07 Å². The van der Waals surface area contributed by atoms with Crippen LogP contribution in [-0.4, -0.2) is 41.1 Å². The molecule has 2 atom stereocenters. The molecular weight excluding hydrogens is 312 g/mol. The van der Waals surface area contributed by atoms with E-state index >= 15 is 0 Å². The number of carbonyl (C=O) groups is 1. The highest BCUT2D eigenvalue weighted by Gasteiger charge is 2.30. The molecule has 2 unspecified atom stereocenters. The molecule has 1 heterocycles. The number of hydrogen-bond donors (Lipinski definition) is 4. The first-order valence-corrected chi connectivity index (χ1v) is 8.22. The van der Waals surface area contributed by atoms with Crippen molar-refractivity contribution in [3.8, 4) is 0 Å². The lowest BCUT2D eigenvalue weighted by molar-refractivity contribution is -0.117. The molecule has 5 nitrogen and oxygen atoms in total. The quantitative estimate of drug-likeness (QED) is 0.573. The van der Waals surface area contributed by atoms with Crippen molar-refractivity contribution in [1.82, 2.24) is 5.32 Å². The van der Waals surface area contributed by atoms with Crippen molar-refractivity contribution in [2.45, 2.75) is 30.4 Å². The van der Waals surface area contributed by atoms with Crippen molar-refractivity contribution in [3.05, 3.63) is 22.7 Å². The number of hydrogen-bond acceptors (Lipinski definition) is 5. The van der Waals surface area contributed by atoms with E-state index in [0.717, 1.165) is 29.1 Å². The van der Waals surface area contributed by atoms with E-state index in [0.29, 0.717) is 10.8 Å². The second kappa shape index (κ2) is 7.47. The minimum atomic E-state index is -0.784. The molecule has 0 saturated heterocycles. The fraction of sp³-hybridized carbons (Fsp3) is 0.500. The summed E-state index contributed by atoms with van der Waals surface area (Å²) >= 11 is 7.60. The van der Waals surface area contributed by atoms with Crippen LogP contribution in [0.15, 0.2) is 17.0 Å². The summed E-state index contributed by atoms with van der Waals surface area (Å²) in [6.45, 7) is 2.52. The fourth-order valence-corrected chi connectivity index (χ4v) is 3.31. The van der Waals surface area contributed by atoms with E-state index in [4.69, 9.17) is 16.7 Å². The van der Waals surface area contributed by atoms with Crippen LogP contribution in [0.25, 0.3) is 0 Å². The summed E-state index contributed by atoms with van der Waals surface area (Å²) in [5, 5.41) is 24.8. The molecule has 116 valence electrons. The molecule has 0 aliphatic carbocycles. The summed E-state index contributed by atoms with van der Waals surface area (Å²) in [5.74, 6) is 0.271. The van der Waals surface area contributed by atoms with Gasteiger partial charge < -0.3 is 20.8 Å². The number of halogens is 1. The highest BCUT2D eigenvalue weighted by Crippen LogP contribution is 2.39. The van der Waals surface area contributed by atoms with Gasteiger partial charge in [0.25, 0.3) is 0 Å². The number of rotatable bonds is 7. The van der Waals surface area contributed by atoms with Crippen LogP contribution in [0.4, 0.5) is 5.69 Å². The summed E-state index contributed by atoms with van der Waals surface area (Å²) in [4.78, 5) is 12.8. The molecule has 0 aromatic heterocycles. The highest BCUT2D eigenvalue weighted by atomic mass is 35.5. The minimum Gasteiger partial charge on any atom is -0.394 e. The number of nitrogens with one attached hydrogen (secondary N) is 2. The van der Waals surface area contributed by atoms with Gasteiger partial charge in [-0.2, -0.15) is 0 Å². The van der Waals surface area contributed by atoms with E-state index in [1.165, 1.54) is 11.8 Å². The fourth-order valence-electron chi connectivity index (χ4n) is 2.10. The Morgan fingerprint density at radius 2 is 2.29 bits per heavy atom. The number of amides is 1. The van der Waals surface area contributed by atoms with Gasteiger partial charge in [0.05, 0.1) is 17.7 Å². The molecule has 1 aromatic carbocycles. The zero-order valence-electron chi connectivity index (χ0n) is 11.7. The van der Waals surface area contributed by atoms with Crippen molar-refractivity contribution in [2.24, 2.45) is 0 Å². The lowest BCUT2D eigenvalue weighted by Crippen LogP contribution is -2.27. The summed E-state index contributed by atoms with van der Waals surface area (Å²) in [6, 6.07) is 3.24. The molecule has 1 aromatic rings. The van der Waals surface area contributed by atoms with Crippen molar-refractivity contribution in [1.29, 1.82) is 0 Å². The predicted molar refractivity (Wildman–Crippen MR) is 84.9 cm³/mol. The maximum atomic E-state index is 12.0. The third-order valence-corrected chi connectivity index (χ3v) is 4.80.